The average Bonchev–Trinajstić information content (AvgIpc) is 2.97. The number of carbonyl (C=O) groups excluding carboxylic acids is 1. The molecule has 3 rings (SSSR count). The van der Waals surface area contributed by atoms with Crippen molar-refractivity contribution < 1.29 is 22.7 Å². The Bertz CT molecular complexity index is 938. The minimum absolute atomic E-state index is 0.141. The van der Waals surface area contributed by atoms with Crippen LogP contribution in [0.25, 0.3) is 10.1 Å². The number of hydrogen-bond acceptors (Lipinski definition) is 3. The van der Waals surface area contributed by atoms with Gasteiger partial charge >= 0.3 is 6.36 Å². The standard InChI is InChI=1S/C18H13BrF3NO2S/c1-23(10-11-2-5-14(6-3-11)25-18(20,21)22)17(24)16-9-12-8-13(19)4-7-15(12)26-16/h2-9H,10H2,1H3. The minimum atomic E-state index is -4.72. The van der Waals surface area contributed by atoms with E-state index in [9.17, 15) is 18.0 Å². The number of hydrogen-bond donors (Lipinski definition) is 0. The zero-order valence-corrected chi connectivity index (χ0v) is 15.9. The molecule has 2 aromatic carbocycles. The zero-order chi connectivity index (χ0) is 18.9. The third-order valence-corrected chi connectivity index (χ3v) is 5.21. The van der Waals surface area contributed by atoms with Crippen LogP contribution >= 0.6 is 27.3 Å². The van der Waals surface area contributed by atoms with Crippen LogP contribution in [0, 0.1) is 0 Å². The van der Waals surface area contributed by atoms with E-state index in [1.165, 1.54) is 40.5 Å². The van der Waals surface area contributed by atoms with Crippen LogP contribution in [0.4, 0.5) is 13.2 Å². The average molecular weight is 444 g/mol. The van der Waals surface area contributed by atoms with E-state index in [0.717, 1.165) is 14.6 Å². The van der Waals surface area contributed by atoms with Crippen molar-refractivity contribution >= 4 is 43.3 Å². The smallest absolute Gasteiger partial charge is 0.406 e. The fourth-order valence-corrected chi connectivity index (χ4v) is 3.87. The van der Waals surface area contributed by atoms with Gasteiger partial charge in [0.1, 0.15) is 5.75 Å². The maximum absolute atomic E-state index is 12.6. The summed E-state index contributed by atoms with van der Waals surface area (Å²) in [6.07, 6.45) is -4.72. The minimum Gasteiger partial charge on any atom is -0.406 e. The number of carbonyl (C=O) groups is 1. The van der Waals surface area contributed by atoms with Gasteiger partial charge in [-0.3, -0.25) is 4.79 Å². The highest BCUT2D eigenvalue weighted by Gasteiger charge is 2.31. The van der Waals surface area contributed by atoms with Crippen LogP contribution in [0.1, 0.15) is 15.2 Å². The predicted molar refractivity (Wildman–Crippen MR) is 98.4 cm³/mol. The number of fused-ring (bicyclic) bond motifs is 1. The van der Waals surface area contributed by atoms with Gasteiger partial charge < -0.3 is 9.64 Å². The van der Waals surface area contributed by atoms with E-state index < -0.39 is 6.36 Å². The van der Waals surface area contributed by atoms with Crippen molar-refractivity contribution in [3.8, 4) is 5.75 Å². The fraction of sp³-hybridized carbons (Fsp3) is 0.167. The maximum atomic E-state index is 12.6. The SMILES string of the molecule is CN(Cc1ccc(OC(F)(F)F)cc1)C(=O)c1cc2cc(Br)ccc2s1. The molecule has 26 heavy (non-hydrogen) atoms. The normalized spacial score (nSPS) is 11.6. The summed E-state index contributed by atoms with van der Waals surface area (Å²) in [5, 5.41) is 0.981. The molecular formula is C18H13BrF3NO2S. The summed E-state index contributed by atoms with van der Waals surface area (Å²) in [4.78, 5) is 14.7. The van der Waals surface area contributed by atoms with Crippen LogP contribution in [0.3, 0.4) is 0 Å². The first-order valence-electron chi connectivity index (χ1n) is 7.50. The first kappa shape index (κ1) is 18.7. The molecule has 0 saturated carbocycles. The lowest BCUT2D eigenvalue weighted by molar-refractivity contribution is -0.274. The van der Waals surface area contributed by atoms with Crippen LogP contribution in [0.15, 0.2) is 53.0 Å². The number of benzene rings is 2. The quantitative estimate of drug-likeness (QED) is 0.507. The molecule has 8 heteroatoms. The van der Waals surface area contributed by atoms with Gasteiger partial charge in [0.15, 0.2) is 0 Å². The molecule has 3 nitrogen and oxygen atoms in total. The summed E-state index contributed by atoms with van der Waals surface area (Å²) in [6, 6.07) is 13.1. The lowest BCUT2D eigenvalue weighted by atomic mass is 10.2. The molecule has 1 aromatic heterocycles. The van der Waals surface area contributed by atoms with Gasteiger partial charge in [0.2, 0.25) is 0 Å². The summed E-state index contributed by atoms with van der Waals surface area (Å²) in [6.45, 7) is 0.281. The van der Waals surface area contributed by atoms with E-state index >= 15 is 0 Å². The Morgan fingerprint density at radius 2 is 1.85 bits per heavy atom. The highest BCUT2D eigenvalue weighted by atomic mass is 79.9. The highest BCUT2D eigenvalue weighted by molar-refractivity contribution is 9.10. The highest BCUT2D eigenvalue weighted by Crippen LogP contribution is 2.29. The number of alkyl halides is 3. The van der Waals surface area contributed by atoms with Crippen molar-refractivity contribution in [2.24, 2.45) is 0 Å². The van der Waals surface area contributed by atoms with Gasteiger partial charge in [0, 0.05) is 22.8 Å². The predicted octanol–water partition coefficient (Wildman–Crippen LogP) is 5.83. The largest absolute Gasteiger partial charge is 0.573 e. The van der Waals surface area contributed by atoms with E-state index in [2.05, 4.69) is 20.7 Å². The molecule has 1 heterocycles. The number of nitrogens with zero attached hydrogens (tertiary/aromatic N) is 1. The molecule has 0 fully saturated rings. The molecule has 0 aliphatic rings. The van der Waals surface area contributed by atoms with Gasteiger partial charge in [-0.2, -0.15) is 0 Å². The summed E-state index contributed by atoms with van der Waals surface area (Å²) in [5.74, 6) is -0.428. The van der Waals surface area contributed by atoms with Crippen LogP contribution in [0.5, 0.6) is 5.75 Å². The molecule has 0 saturated heterocycles. The Labute approximate surface area is 160 Å². The zero-order valence-electron chi connectivity index (χ0n) is 13.5. The Balaban J connectivity index is 1.70. The third-order valence-electron chi connectivity index (χ3n) is 3.61. The van der Waals surface area contributed by atoms with E-state index in [0.29, 0.717) is 10.4 Å². The molecule has 0 N–H and O–H groups in total. The Morgan fingerprint density at radius 3 is 2.50 bits per heavy atom. The van der Waals surface area contributed by atoms with E-state index in [-0.39, 0.29) is 18.2 Å². The van der Waals surface area contributed by atoms with Crippen LogP contribution in [-0.2, 0) is 6.54 Å². The summed E-state index contributed by atoms with van der Waals surface area (Å²) >= 11 is 4.81. The summed E-state index contributed by atoms with van der Waals surface area (Å²) < 4.78 is 42.3. The first-order chi connectivity index (χ1) is 12.2. The van der Waals surface area contributed by atoms with E-state index in [1.807, 2.05) is 24.3 Å². The molecule has 0 aliphatic heterocycles. The molecule has 0 aliphatic carbocycles. The molecule has 0 radical (unpaired) electrons. The Kier molecular flexibility index (Phi) is 5.24. The van der Waals surface area contributed by atoms with E-state index in [4.69, 9.17) is 0 Å². The molecule has 0 bridgehead atoms. The Morgan fingerprint density at radius 1 is 1.15 bits per heavy atom. The molecular weight excluding hydrogens is 431 g/mol. The third kappa shape index (κ3) is 4.56. The van der Waals surface area contributed by atoms with Gasteiger partial charge in [-0.15, -0.1) is 24.5 Å². The second-order valence-corrected chi connectivity index (χ2v) is 7.65. The number of halogens is 4. The summed E-state index contributed by atoms with van der Waals surface area (Å²) in [5.41, 5.74) is 0.708. The van der Waals surface area contributed by atoms with E-state index in [1.54, 1.807) is 7.05 Å². The molecule has 1 amide bonds. The lowest BCUT2D eigenvalue weighted by Crippen LogP contribution is -2.25. The first-order valence-corrected chi connectivity index (χ1v) is 9.11. The molecule has 0 atom stereocenters. The van der Waals surface area contributed by atoms with Gasteiger partial charge in [0.05, 0.1) is 4.88 Å². The van der Waals surface area contributed by atoms with Gasteiger partial charge in [0.25, 0.3) is 5.91 Å². The van der Waals surface area contributed by atoms with Crippen LogP contribution in [-0.4, -0.2) is 24.2 Å². The topological polar surface area (TPSA) is 29.5 Å². The number of thiophene rings is 1. The van der Waals surface area contributed by atoms with Gasteiger partial charge in [-0.05, 0) is 47.3 Å². The Hall–Kier alpha value is -2.06. The van der Waals surface area contributed by atoms with Crippen molar-refractivity contribution in [1.29, 1.82) is 0 Å². The lowest BCUT2D eigenvalue weighted by Gasteiger charge is -2.16. The number of ether oxygens (including phenoxy) is 1. The monoisotopic (exact) mass is 443 g/mol. The maximum Gasteiger partial charge on any atom is 0.573 e. The molecule has 0 unspecified atom stereocenters. The van der Waals surface area contributed by atoms with Crippen molar-refractivity contribution in [2.75, 3.05) is 7.05 Å². The molecule has 0 spiro atoms. The van der Waals surface area contributed by atoms with Crippen molar-refractivity contribution in [1.82, 2.24) is 4.90 Å². The number of amides is 1. The molecule has 136 valence electrons. The second kappa shape index (κ2) is 7.28. The second-order valence-electron chi connectivity index (χ2n) is 5.65. The van der Waals surface area contributed by atoms with Gasteiger partial charge in [-0.25, -0.2) is 0 Å². The van der Waals surface area contributed by atoms with Gasteiger partial charge in [-0.1, -0.05) is 28.1 Å². The molecule has 3 aromatic rings. The van der Waals surface area contributed by atoms with Crippen molar-refractivity contribution in [3.05, 3.63) is 63.4 Å². The van der Waals surface area contributed by atoms with Crippen LogP contribution < -0.4 is 4.74 Å². The van der Waals surface area contributed by atoms with Crippen LogP contribution in [0.2, 0.25) is 0 Å². The van der Waals surface area contributed by atoms with Crippen molar-refractivity contribution in [3.63, 3.8) is 0 Å². The van der Waals surface area contributed by atoms with Crippen molar-refractivity contribution in [2.45, 2.75) is 12.9 Å². The fourth-order valence-electron chi connectivity index (χ4n) is 2.45. The summed E-state index contributed by atoms with van der Waals surface area (Å²) in [7, 11) is 1.66. The number of rotatable bonds is 4.